The van der Waals surface area contributed by atoms with E-state index in [9.17, 15) is 14.3 Å². The fourth-order valence-corrected chi connectivity index (χ4v) is 5.19. The van der Waals surface area contributed by atoms with Crippen molar-refractivity contribution in [3.05, 3.63) is 69.9 Å². The maximum Gasteiger partial charge on any atom is 0.355 e. The highest BCUT2D eigenvalue weighted by Crippen LogP contribution is 2.36. The van der Waals surface area contributed by atoms with Crippen LogP contribution in [0.1, 0.15) is 37.9 Å². The SMILES string of the molecule is Cc1ccnc(C(C)C)c1-n1c(=O)nc(N2CCN(C)CC2C)c2cc(F)c(-c3c(O)cccc3F)nc21. The van der Waals surface area contributed by atoms with Crippen LogP contribution in [0, 0.1) is 18.6 Å². The highest BCUT2D eigenvalue weighted by molar-refractivity contribution is 5.91. The van der Waals surface area contributed by atoms with Crippen molar-refractivity contribution in [1.82, 2.24) is 24.4 Å². The molecule has 1 N–H and O–H groups in total. The van der Waals surface area contributed by atoms with Crippen LogP contribution < -0.4 is 10.6 Å². The van der Waals surface area contributed by atoms with Gasteiger partial charge in [0.15, 0.2) is 11.5 Å². The van der Waals surface area contributed by atoms with Crippen molar-refractivity contribution in [2.24, 2.45) is 0 Å². The average Bonchev–Trinajstić information content (AvgIpc) is 2.85. The van der Waals surface area contributed by atoms with Gasteiger partial charge in [0, 0.05) is 31.9 Å². The molecule has 3 aromatic heterocycles. The van der Waals surface area contributed by atoms with Crippen LogP contribution in [0.3, 0.4) is 0 Å². The third kappa shape index (κ3) is 4.28. The van der Waals surface area contributed by atoms with E-state index in [0.717, 1.165) is 24.7 Å². The Bertz CT molecular complexity index is 1580. The summed E-state index contributed by atoms with van der Waals surface area (Å²) in [6.45, 7) is 9.86. The fraction of sp³-hybridized carbons (Fsp3) is 0.357. The van der Waals surface area contributed by atoms with E-state index < -0.39 is 28.8 Å². The molecule has 1 aliphatic rings. The molecule has 0 aliphatic carbocycles. The number of nitrogens with zero attached hydrogens (tertiary/aromatic N) is 6. The molecule has 0 amide bonds. The number of anilines is 1. The summed E-state index contributed by atoms with van der Waals surface area (Å²) in [4.78, 5) is 31.4. The third-order valence-electron chi connectivity index (χ3n) is 7.06. The summed E-state index contributed by atoms with van der Waals surface area (Å²) in [6.07, 6.45) is 1.67. The van der Waals surface area contributed by atoms with E-state index in [1.165, 1.54) is 22.8 Å². The largest absolute Gasteiger partial charge is 0.507 e. The van der Waals surface area contributed by atoms with Gasteiger partial charge in [-0.25, -0.2) is 23.1 Å². The smallest absolute Gasteiger partial charge is 0.355 e. The first-order valence-electron chi connectivity index (χ1n) is 12.6. The molecule has 1 aromatic carbocycles. The normalized spacial score (nSPS) is 16.5. The molecule has 8 nitrogen and oxygen atoms in total. The Morgan fingerprint density at radius 2 is 1.87 bits per heavy atom. The third-order valence-corrected chi connectivity index (χ3v) is 7.06. The lowest BCUT2D eigenvalue weighted by Crippen LogP contribution is -2.51. The number of aryl methyl sites for hydroxylation is 1. The first-order chi connectivity index (χ1) is 18.1. The summed E-state index contributed by atoms with van der Waals surface area (Å²) in [5.41, 5.74) is 0.670. The lowest BCUT2D eigenvalue weighted by molar-refractivity contribution is 0.275. The number of aromatic nitrogens is 4. The number of phenolic OH excluding ortho intramolecular Hbond substituents is 1. The number of pyridine rings is 2. The van der Waals surface area contributed by atoms with E-state index in [0.29, 0.717) is 29.1 Å². The molecule has 4 aromatic rings. The molecule has 0 radical (unpaired) electrons. The van der Waals surface area contributed by atoms with E-state index in [2.05, 4.69) is 19.9 Å². The van der Waals surface area contributed by atoms with E-state index in [-0.39, 0.29) is 23.2 Å². The molecule has 1 unspecified atom stereocenters. The number of hydrogen-bond acceptors (Lipinski definition) is 7. The second-order valence-corrected chi connectivity index (χ2v) is 10.2. The zero-order valence-corrected chi connectivity index (χ0v) is 22.0. The Balaban J connectivity index is 1.90. The summed E-state index contributed by atoms with van der Waals surface area (Å²) in [7, 11) is 2.02. The van der Waals surface area contributed by atoms with Crippen LogP contribution >= 0.6 is 0 Å². The first kappa shape index (κ1) is 25.7. The molecular weight excluding hydrogens is 490 g/mol. The summed E-state index contributed by atoms with van der Waals surface area (Å²) < 4.78 is 31.9. The van der Waals surface area contributed by atoms with Crippen molar-refractivity contribution < 1.29 is 13.9 Å². The molecule has 198 valence electrons. The van der Waals surface area contributed by atoms with Gasteiger partial charge in [0.05, 0.1) is 22.3 Å². The van der Waals surface area contributed by atoms with Crippen molar-refractivity contribution >= 4 is 16.9 Å². The molecule has 5 rings (SSSR count). The minimum absolute atomic E-state index is 0.00408. The quantitative estimate of drug-likeness (QED) is 0.427. The number of aromatic hydroxyl groups is 1. The molecular formula is C28H30F2N6O2. The number of phenols is 1. The van der Waals surface area contributed by atoms with E-state index >= 15 is 4.39 Å². The molecule has 4 heterocycles. The molecule has 0 saturated carbocycles. The highest BCUT2D eigenvalue weighted by atomic mass is 19.1. The van der Waals surface area contributed by atoms with Gasteiger partial charge in [-0.15, -0.1) is 0 Å². The predicted molar refractivity (Wildman–Crippen MR) is 143 cm³/mol. The molecule has 0 spiro atoms. The van der Waals surface area contributed by atoms with Gasteiger partial charge < -0.3 is 14.9 Å². The first-order valence-corrected chi connectivity index (χ1v) is 12.6. The van der Waals surface area contributed by atoms with Crippen LogP contribution in [0.15, 0.2) is 41.3 Å². The van der Waals surface area contributed by atoms with E-state index in [4.69, 9.17) is 0 Å². The summed E-state index contributed by atoms with van der Waals surface area (Å²) in [5, 5.41) is 10.7. The van der Waals surface area contributed by atoms with Crippen LogP contribution in [-0.4, -0.2) is 62.2 Å². The van der Waals surface area contributed by atoms with Crippen LogP contribution in [-0.2, 0) is 0 Å². The molecule has 10 heteroatoms. The second kappa shape index (κ2) is 9.75. The average molecular weight is 521 g/mol. The number of rotatable bonds is 4. The summed E-state index contributed by atoms with van der Waals surface area (Å²) in [6, 6.07) is 6.73. The van der Waals surface area contributed by atoms with Crippen molar-refractivity contribution in [3.63, 3.8) is 0 Å². The predicted octanol–water partition coefficient (Wildman–Crippen LogP) is 4.40. The standard InChI is InChI=1S/C28H30F2N6O2/c1-15(2)23-25(16(3)9-10-31-23)36-27-18(26(33-28(36)38)35-12-11-34(5)14-17(35)4)13-20(30)24(32-27)22-19(29)7-6-8-21(22)37/h6-10,13,15,17,37H,11-12,14H2,1-5H3. The molecule has 38 heavy (non-hydrogen) atoms. The van der Waals surface area contributed by atoms with Crippen molar-refractivity contribution in [3.8, 4) is 22.7 Å². The maximum atomic E-state index is 15.7. The second-order valence-electron chi connectivity index (χ2n) is 10.2. The monoisotopic (exact) mass is 520 g/mol. The number of fused-ring (bicyclic) bond motifs is 1. The zero-order chi connectivity index (χ0) is 27.3. The molecule has 1 saturated heterocycles. The van der Waals surface area contributed by atoms with Gasteiger partial charge in [-0.05, 0) is 56.6 Å². The Kier molecular flexibility index (Phi) is 6.60. The fourth-order valence-electron chi connectivity index (χ4n) is 5.19. The Hall–Kier alpha value is -3.92. The Morgan fingerprint density at radius 3 is 2.55 bits per heavy atom. The van der Waals surface area contributed by atoms with Gasteiger partial charge >= 0.3 is 5.69 Å². The topological polar surface area (TPSA) is 87.4 Å². The minimum atomic E-state index is -0.833. The zero-order valence-electron chi connectivity index (χ0n) is 22.0. The lowest BCUT2D eigenvalue weighted by atomic mass is 10.0. The minimum Gasteiger partial charge on any atom is -0.507 e. The number of hydrogen-bond donors (Lipinski definition) is 1. The van der Waals surface area contributed by atoms with Gasteiger partial charge in [0.25, 0.3) is 0 Å². The van der Waals surface area contributed by atoms with Gasteiger partial charge in [-0.3, -0.25) is 4.98 Å². The van der Waals surface area contributed by atoms with Crippen molar-refractivity contribution in [1.29, 1.82) is 0 Å². The molecule has 1 atom stereocenters. The maximum absolute atomic E-state index is 15.7. The summed E-state index contributed by atoms with van der Waals surface area (Å²) >= 11 is 0. The molecule has 1 fully saturated rings. The van der Waals surface area contributed by atoms with Crippen molar-refractivity contribution in [2.75, 3.05) is 31.6 Å². The van der Waals surface area contributed by atoms with Crippen LogP contribution in [0.5, 0.6) is 5.75 Å². The van der Waals surface area contributed by atoms with Gasteiger partial charge in [0.2, 0.25) is 0 Å². The summed E-state index contributed by atoms with van der Waals surface area (Å²) in [5.74, 6) is -1.83. The lowest BCUT2D eigenvalue weighted by Gasteiger charge is -2.39. The Labute approximate surface area is 219 Å². The van der Waals surface area contributed by atoms with Gasteiger partial charge in [-0.2, -0.15) is 4.98 Å². The van der Waals surface area contributed by atoms with Crippen LogP contribution in [0.2, 0.25) is 0 Å². The van der Waals surface area contributed by atoms with Crippen molar-refractivity contribution in [2.45, 2.75) is 39.7 Å². The van der Waals surface area contributed by atoms with Gasteiger partial charge in [-0.1, -0.05) is 19.9 Å². The van der Waals surface area contributed by atoms with E-state index in [1.807, 2.05) is 39.6 Å². The Morgan fingerprint density at radius 1 is 1.11 bits per heavy atom. The van der Waals surface area contributed by atoms with E-state index in [1.54, 1.807) is 12.3 Å². The van der Waals surface area contributed by atoms with Crippen LogP contribution in [0.25, 0.3) is 28.0 Å². The number of likely N-dealkylation sites (N-methyl/N-ethyl adjacent to an activating group) is 1. The molecule has 1 aliphatic heterocycles. The molecule has 0 bridgehead atoms. The number of piperazine rings is 1. The number of halogens is 2. The highest BCUT2D eigenvalue weighted by Gasteiger charge is 2.29. The van der Waals surface area contributed by atoms with Crippen LogP contribution in [0.4, 0.5) is 14.6 Å². The van der Waals surface area contributed by atoms with Gasteiger partial charge in [0.1, 0.15) is 23.1 Å². The number of benzene rings is 1.